The van der Waals surface area contributed by atoms with Crippen molar-refractivity contribution in [3.05, 3.63) is 40.6 Å². The molecule has 1 saturated carbocycles. The van der Waals surface area contributed by atoms with Crippen molar-refractivity contribution in [3.8, 4) is 0 Å². The number of para-hydroxylation sites is 1. The SMILES string of the molecule is CC(C)N(C(=O)Cn1nc2c3ccccc3nc(C3CC3)n2c1=O)C(C)C. The zero-order chi connectivity index (χ0) is 19.3. The average molecular weight is 367 g/mol. The first-order valence-electron chi connectivity index (χ1n) is 9.58. The Morgan fingerprint density at radius 2 is 1.85 bits per heavy atom. The first-order valence-corrected chi connectivity index (χ1v) is 9.58. The summed E-state index contributed by atoms with van der Waals surface area (Å²) < 4.78 is 2.89. The van der Waals surface area contributed by atoms with E-state index >= 15 is 0 Å². The van der Waals surface area contributed by atoms with Gasteiger partial charge in [0, 0.05) is 23.4 Å². The van der Waals surface area contributed by atoms with E-state index in [1.807, 2.05) is 52.0 Å². The molecule has 1 aromatic carbocycles. The maximum absolute atomic E-state index is 13.1. The highest BCUT2D eigenvalue weighted by atomic mass is 16.2. The van der Waals surface area contributed by atoms with Gasteiger partial charge in [-0.05, 0) is 52.7 Å². The van der Waals surface area contributed by atoms with Crippen LogP contribution in [0.15, 0.2) is 29.1 Å². The summed E-state index contributed by atoms with van der Waals surface area (Å²) in [6.45, 7) is 7.86. The van der Waals surface area contributed by atoms with Gasteiger partial charge in [-0.15, -0.1) is 5.10 Å². The van der Waals surface area contributed by atoms with Gasteiger partial charge in [-0.1, -0.05) is 12.1 Å². The molecule has 1 fully saturated rings. The molecule has 1 amide bonds. The predicted octanol–water partition coefficient (Wildman–Crippen LogP) is 2.57. The molecule has 3 aromatic rings. The quantitative estimate of drug-likeness (QED) is 0.695. The molecule has 2 aromatic heterocycles. The van der Waals surface area contributed by atoms with Crippen LogP contribution in [0, 0.1) is 0 Å². The van der Waals surface area contributed by atoms with E-state index in [4.69, 9.17) is 4.98 Å². The summed E-state index contributed by atoms with van der Waals surface area (Å²) in [5.74, 6) is 0.957. The van der Waals surface area contributed by atoms with Gasteiger partial charge >= 0.3 is 5.69 Å². The van der Waals surface area contributed by atoms with Gasteiger partial charge in [-0.25, -0.2) is 18.9 Å². The number of benzene rings is 1. The number of carbonyl (C=O) groups excluding carboxylic acids is 1. The Bertz CT molecular complexity index is 1070. The Morgan fingerprint density at radius 3 is 2.48 bits per heavy atom. The third-order valence-electron chi connectivity index (χ3n) is 5.08. The van der Waals surface area contributed by atoms with Crippen molar-refractivity contribution < 1.29 is 4.79 Å². The third-order valence-corrected chi connectivity index (χ3v) is 5.08. The van der Waals surface area contributed by atoms with Gasteiger partial charge in [0.05, 0.1) is 5.52 Å². The van der Waals surface area contributed by atoms with Crippen LogP contribution in [0.25, 0.3) is 16.6 Å². The number of fused-ring (bicyclic) bond motifs is 3. The smallest absolute Gasteiger partial charge is 0.336 e. The molecule has 7 heteroatoms. The summed E-state index contributed by atoms with van der Waals surface area (Å²) in [5.41, 5.74) is 1.13. The summed E-state index contributed by atoms with van der Waals surface area (Å²) >= 11 is 0. The van der Waals surface area contributed by atoms with E-state index in [-0.39, 0.29) is 30.2 Å². The van der Waals surface area contributed by atoms with Crippen molar-refractivity contribution in [2.45, 2.75) is 65.1 Å². The van der Waals surface area contributed by atoms with Gasteiger partial charge in [0.2, 0.25) is 5.91 Å². The Morgan fingerprint density at radius 1 is 1.19 bits per heavy atom. The number of aromatic nitrogens is 4. The molecule has 0 radical (unpaired) electrons. The Hall–Kier alpha value is -2.70. The van der Waals surface area contributed by atoms with Crippen molar-refractivity contribution in [1.29, 1.82) is 0 Å². The van der Waals surface area contributed by atoms with Crippen molar-refractivity contribution in [1.82, 2.24) is 24.1 Å². The predicted molar refractivity (Wildman–Crippen MR) is 104 cm³/mol. The number of amides is 1. The van der Waals surface area contributed by atoms with Crippen LogP contribution < -0.4 is 5.69 Å². The van der Waals surface area contributed by atoms with E-state index < -0.39 is 0 Å². The highest BCUT2D eigenvalue weighted by Crippen LogP contribution is 2.39. The second kappa shape index (κ2) is 6.48. The number of hydrogen-bond acceptors (Lipinski definition) is 4. The highest BCUT2D eigenvalue weighted by Gasteiger charge is 2.30. The van der Waals surface area contributed by atoms with Gasteiger partial charge in [-0.3, -0.25) is 4.79 Å². The van der Waals surface area contributed by atoms with Crippen LogP contribution in [0.4, 0.5) is 0 Å². The summed E-state index contributed by atoms with van der Waals surface area (Å²) in [6, 6.07) is 7.83. The maximum Gasteiger partial charge on any atom is 0.352 e. The molecule has 0 aliphatic heterocycles. The van der Waals surface area contributed by atoms with Crippen LogP contribution in [-0.2, 0) is 11.3 Å². The third kappa shape index (κ3) is 3.01. The van der Waals surface area contributed by atoms with Crippen LogP contribution in [-0.4, -0.2) is 42.1 Å². The molecule has 0 N–H and O–H groups in total. The number of nitrogens with zero attached hydrogens (tertiary/aromatic N) is 5. The fourth-order valence-corrected chi connectivity index (χ4v) is 3.82. The summed E-state index contributed by atoms with van der Waals surface area (Å²) in [4.78, 5) is 32.4. The molecule has 0 unspecified atom stereocenters. The zero-order valence-electron chi connectivity index (χ0n) is 16.2. The fourth-order valence-electron chi connectivity index (χ4n) is 3.82. The van der Waals surface area contributed by atoms with Crippen molar-refractivity contribution in [2.75, 3.05) is 0 Å². The second-order valence-electron chi connectivity index (χ2n) is 7.85. The number of hydrogen-bond donors (Lipinski definition) is 0. The minimum atomic E-state index is -0.286. The largest absolute Gasteiger partial charge is 0.352 e. The molecule has 4 rings (SSSR count). The fraction of sp³-hybridized carbons (Fsp3) is 0.500. The average Bonchev–Trinajstić information content (AvgIpc) is 3.39. The molecule has 0 spiro atoms. The first kappa shape index (κ1) is 17.7. The van der Waals surface area contributed by atoms with E-state index in [1.54, 1.807) is 9.30 Å². The van der Waals surface area contributed by atoms with Crippen molar-refractivity contribution in [3.63, 3.8) is 0 Å². The topological polar surface area (TPSA) is 72.5 Å². The minimum absolute atomic E-state index is 0.0602. The molecule has 1 aliphatic carbocycles. The molecule has 2 heterocycles. The summed E-state index contributed by atoms with van der Waals surface area (Å²) in [7, 11) is 0. The lowest BCUT2D eigenvalue weighted by Crippen LogP contribution is -2.45. The monoisotopic (exact) mass is 367 g/mol. The lowest BCUT2D eigenvalue weighted by molar-refractivity contribution is -0.135. The normalized spacial score (nSPS) is 14.6. The number of carbonyl (C=O) groups is 1. The molecule has 0 saturated heterocycles. The van der Waals surface area contributed by atoms with Crippen molar-refractivity contribution in [2.24, 2.45) is 0 Å². The Balaban J connectivity index is 1.84. The van der Waals surface area contributed by atoms with Crippen LogP contribution in [0.2, 0.25) is 0 Å². The standard InChI is InChI=1S/C20H25N5O2/c1-12(2)24(13(3)4)17(26)11-23-20(27)25-18(14-9-10-14)21-16-8-6-5-7-15(16)19(25)22-23/h5-8,12-14H,9-11H2,1-4H3. The first-order chi connectivity index (χ1) is 12.9. The second-order valence-corrected chi connectivity index (χ2v) is 7.85. The molecule has 0 bridgehead atoms. The Labute approximate surface area is 157 Å². The van der Waals surface area contributed by atoms with E-state index in [0.29, 0.717) is 11.6 Å². The van der Waals surface area contributed by atoms with Crippen LogP contribution in [0.1, 0.15) is 52.3 Å². The van der Waals surface area contributed by atoms with E-state index in [1.165, 1.54) is 4.68 Å². The minimum Gasteiger partial charge on any atom is -0.336 e. The molecule has 1 aliphatic rings. The van der Waals surface area contributed by atoms with Gasteiger partial charge in [0.1, 0.15) is 12.4 Å². The van der Waals surface area contributed by atoms with Crippen LogP contribution >= 0.6 is 0 Å². The lowest BCUT2D eigenvalue weighted by atomic mass is 10.2. The molecule has 142 valence electrons. The Kier molecular flexibility index (Phi) is 4.25. The summed E-state index contributed by atoms with van der Waals surface area (Å²) in [5, 5.41) is 5.36. The van der Waals surface area contributed by atoms with Crippen LogP contribution in [0.5, 0.6) is 0 Å². The van der Waals surface area contributed by atoms with Gasteiger partial charge in [0.15, 0.2) is 5.65 Å². The van der Waals surface area contributed by atoms with Crippen LogP contribution in [0.3, 0.4) is 0 Å². The molecule has 27 heavy (non-hydrogen) atoms. The summed E-state index contributed by atoms with van der Waals surface area (Å²) in [6.07, 6.45) is 2.07. The maximum atomic E-state index is 13.1. The highest BCUT2D eigenvalue weighted by molar-refractivity contribution is 5.91. The van der Waals surface area contributed by atoms with Gasteiger partial charge in [-0.2, -0.15) is 0 Å². The van der Waals surface area contributed by atoms with E-state index in [0.717, 1.165) is 29.6 Å². The zero-order valence-corrected chi connectivity index (χ0v) is 16.2. The van der Waals surface area contributed by atoms with E-state index in [2.05, 4.69) is 5.10 Å². The molecular weight excluding hydrogens is 342 g/mol. The number of rotatable bonds is 5. The molecular formula is C20H25N5O2. The van der Waals surface area contributed by atoms with Crippen molar-refractivity contribution >= 4 is 22.5 Å². The van der Waals surface area contributed by atoms with Gasteiger partial charge in [0.25, 0.3) is 0 Å². The molecule has 7 nitrogen and oxygen atoms in total. The lowest BCUT2D eigenvalue weighted by Gasteiger charge is -2.30. The van der Waals surface area contributed by atoms with Gasteiger partial charge < -0.3 is 4.90 Å². The molecule has 0 atom stereocenters. The van der Waals surface area contributed by atoms with E-state index in [9.17, 15) is 9.59 Å².